The molecule has 0 radical (unpaired) electrons. The van der Waals surface area contributed by atoms with E-state index in [0.29, 0.717) is 18.0 Å². The van der Waals surface area contributed by atoms with Crippen LogP contribution < -0.4 is 10.7 Å². The van der Waals surface area contributed by atoms with E-state index in [1.165, 1.54) is 18.5 Å². The highest BCUT2D eigenvalue weighted by Gasteiger charge is 2.13. The van der Waals surface area contributed by atoms with Crippen molar-refractivity contribution in [1.29, 1.82) is 0 Å². The molecule has 0 aliphatic carbocycles. The number of nitrogens with zero attached hydrogens (tertiary/aromatic N) is 5. The first-order chi connectivity index (χ1) is 14.1. The standard InChI is InChI=1S/C20H19N7O2/c1-14(16-7-3-2-4-8-16)25-19-18-12-24-26(20(18)22-13-21-19)23-11-15-6-5-9-17(10-15)27(28)29/h2-10,12-14,23H,11H2,1H3,(H,21,22,25)/t14-/m0/s1. The molecule has 4 rings (SSSR count). The van der Waals surface area contributed by atoms with Gasteiger partial charge in [0.1, 0.15) is 12.1 Å². The van der Waals surface area contributed by atoms with Crippen LogP contribution in [0.5, 0.6) is 0 Å². The van der Waals surface area contributed by atoms with E-state index >= 15 is 0 Å². The lowest BCUT2D eigenvalue weighted by Crippen LogP contribution is -2.16. The highest BCUT2D eigenvalue weighted by atomic mass is 16.6. The monoisotopic (exact) mass is 389 g/mol. The van der Waals surface area contributed by atoms with Gasteiger partial charge in [0.25, 0.3) is 5.69 Å². The second-order valence-corrected chi connectivity index (χ2v) is 6.55. The molecule has 0 bridgehead atoms. The Labute approximate surface area is 166 Å². The van der Waals surface area contributed by atoms with Crippen LogP contribution in [0.1, 0.15) is 24.1 Å². The van der Waals surface area contributed by atoms with Crippen molar-refractivity contribution >= 4 is 22.5 Å². The summed E-state index contributed by atoms with van der Waals surface area (Å²) in [5, 5.41) is 19.5. The fraction of sp³-hybridized carbons (Fsp3) is 0.150. The van der Waals surface area contributed by atoms with E-state index in [1.54, 1.807) is 17.1 Å². The first-order valence-electron chi connectivity index (χ1n) is 9.09. The molecule has 4 aromatic rings. The summed E-state index contributed by atoms with van der Waals surface area (Å²) in [6, 6.07) is 16.6. The number of nitro benzene ring substituents is 1. The summed E-state index contributed by atoms with van der Waals surface area (Å²) in [6.07, 6.45) is 3.17. The topological polar surface area (TPSA) is 111 Å². The van der Waals surface area contributed by atoms with E-state index in [-0.39, 0.29) is 11.7 Å². The molecule has 1 atom stereocenters. The van der Waals surface area contributed by atoms with Crippen molar-refractivity contribution in [3.8, 4) is 0 Å². The number of fused-ring (bicyclic) bond motifs is 1. The molecule has 0 aliphatic rings. The minimum absolute atomic E-state index is 0.0540. The summed E-state index contributed by atoms with van der Waals surface area (Å²) < 4.78 is 0. The second kappa shape index (κ2) is 7.93. The minimum Gasteiger partial charge on any atom is -0.363 e. The third kappa shape index (κ3) is 3.98. The quantitative estimate of drug-likeness (QED) is 0.366. The van der Waals surface area contributed by atoms with Crippen LogP contribution in [0, 0.1) is 10.1 Å². The number of aromatic nitrogens is 4. The van der Waals surface area contributed by atoms with Crippen LogP contribution in [-0.2, 0) is 6.54 Å². The Kier molecular flexibility index (Phi) is 5.02. The molecule has 0 spiro atoms. The molecule has 0 unspecified atom stereocenters. The van der Waals surface area contributed by atoms with Gasteiger partial charge in [0.15, 0.2) is 5.65 Å². The average molecular weight is 389 g/mol. The SMILES string of the molecule is C[C@H](Nc1ncnc2c1cnn2NCc1cccc([N+](=O)[O-])c1)c1ccccc1. The van der Waals surface area contributed by atoms with Gasteiger partial charge in [-0.15, -0.1) is 0 Å². The molecule has 0 amide bonds. The van der Waals surface area contributed by atoms with E-state index in [4.69, 9.17) is 0 Å². The molecule has 146 valence electrons. The van der Waals surface area contributed by atoms with E-state index in [9.17, 15) is 10.1 Å². The number of anilines is 1. The van der Waals surface area contributed by atoms with Gasteiger partial charge in [-0.05, 0) is 18.1 Å². The second-order valence-electron chi connectivity index (χ2n) is 6.55. The molecule has 2 aromatic carbocycles. The zero-order valence-electron chi connectivity index (χ0n) is 15.7. The van der Waals surface area contributed by atoms with Crippen LogP contribution in [0.3, 0.4) is 0 Å². The summed E-state index contributed by atoms with van der Waals surface area (Å²) in [7, 11) is 0. The molecule has 2 N–H and O–H groups in total. The number of non-ortho nitro benzene ring substituents is 1. The van der Waals surface area contributed by atoms with Gasteiger partial charge in [-0.25, -0.2) is 9.97 Å². The van der Waals surface area contributed by atoms with E-state index in [0.717, 1.165) is 16.5 Å². The maximum atomic E-state index is 10.9. The van der Waals surface area contributed by atoms with Crippen molar-refractivity contribution in [1.82, 2.24) is 19.9 Å². The fourth-order valence-corrected chi connectivity index (χ4v) is 3.05. The van der Waals surface area contributed by atoms with Crippen LogP contribution in [0.2, 0.25) is 0 Å². The fourth-order valence-electron chi connectivity index (χ4n) is 3.05. The number of benzene rings is 2. The van der Waals surface area contributed by atoms with Crippen LogP contribution in [0.15, 0.2) is 67.1 Å². The predicted molar refractivity (Wildman–Crippen MR) is 110 cm³/mol. The molecule has 29 heavy (non-hydrogen) atoms. The lowest BCUT2D eigenvalue weighted by Gasteiger charge is -2.15. The van der Waals surface area contributed by atoms with Gasteiger partial charge in [-0.3, -0.25) is 10.1 Å². The first kappa shape index (κ1) is 18.4. The zero-order valence-corrected chi connectivity index (χ0v) is 15.7. The lowest BCUT2D eigenvalue weighted by molar-refractivity contribution is -0.384. The molecule has 0 saturated heterocycles. The van der Waals surface area contributed by atoms with E-state index < -0.39 is 4.92 Å². The summed E-state index contributed by atoms with van der Waals surface area (Å²) >= 11 is 0. The number of rotatable bonds is 7. The van der Waals surface area contributed by atoms with Crippen LogP contribution >= 0.6 is 0 Å². The molecule has 2 heterocycles. The average Bonchev–Trinajstić information content (AvgIpc) is 3.17. The van der Waals surface area contributed by atoms with Gasteiger partial charge in [0.2, 0.25) is 0 Å². The van der Waals surface area contributed by atoms with Crippen LogP contribution in [0.4, 0.5) is 11.5 Å². The maximum Gasteiger partial charge on any atom is 0.269 e. The number of hydrogen-bond acceptors (Lipinski definition) is 7. The normalized spacial score (nSPS) is 11.9. The number of nitro groups is 1. The Morgan fingerprint density at radius 2 is 1.97 bits per heavy atom. The summed E-state index contributed by atoms with van der Waals surface area (Å²) in [5.41, 5.74) is 5.72. The van der Waals surface area contributed by atoms with Crippen molar-refractivity contribution < 1.29 is 4.92 Å². The van der Waals surface area contributed by atoms with Crippen LogP contribution in [-0.4, -0.2) is 24.8 Å². The van der Waals surface area contributed by atoms with Crippen molar-refractivity contribution in [3.63, 3.8) is 0 Å². The van der Waals surface area contributed by atoms with Gasteiger partial charge < -0.3 is 10.7 Å². The summed E-state index contributed by atoms with van der Waals surface area (Å²) in [4.78, 5) is 20.7. The van der Waals surface area contributed by atoms with Crippen molar-refractivity contribution in [2.24, 2.45) is 0 Å². The first-order valence-corrected chi connectivity index (χ1v) is 9.09. The molecular weight excluding hydrogens is 370 g/mol. The third-order valence-electron chi connectivity index (χ3n) is 4.57. The Morgan fingerprint density at radius 1 is 1.14 bits per heavy atom. The largest absolute Gasteiger partial charge is 0.363 e. The maximum absolute atomic E-state index is 10.9. The molecule has 9 heteroatoms. The predicted octanol–water partition coefficient (Wildman–Crippen LogP) is 3.65. The van der Waals surface area contributed by atoms with Gasteiger partial charge in [-0.1, -0.05) is 42.5 Å². The molecule has 2 aromatic heterocycles. The van der Waals surface area contributed by atoms with Gasteiger partial charge in [-0.2, -0.15) is 9.89 Å². The third-order valence-corrected chi connectivity index (χ3v) is 4.57. The molecule has 9 nitrogen and oxygen atoms in total. The minimum atomic E-state index is -0.411. The Hall–Kier alpha value is -4.01. The van der Waals surface area contributed by atoms with Crippen molar-refractivity contribution in [3.05, 3.63) is 88.4 Å². The molecule has 0 saturated carbocycles. The van der Waals surface area contributed by atoms with E-state index in [1.807, 2.05) is 24.3 Å². The molecule has 0 aliphatic heterocycles. The molecular formula is C20H19N7O2. The van der Waals surface area contributed by atoms with E-state index in [2.05, 4.69) is 44.9 Å². The van der Waals surface area contributed by atoms with Crippen molar-refractivity contribution in [2.45, 2.75) is 19.5 Å². The van der Waals surface area contributed by atoms with Gasteiger partial charge >= 0.3 is 0 Å². The highest BCUT2D eigenvalue weighted by molar-refractivity contribution is 5.86. The summed E-state index contributed by atoms with van der Waals surface area (Å²) in [5.74, 6) is 0.690. The van der Waals surface area contributed by atoms with Gasteiger partial charge in [0, 0.05) is 18.2 Å². The lowest BCUT2D eigenvalue weighted by atomic mass is 10.1. The zero-order chi connectivity index (χ0) is 20.2. The molecule has 0 fully saturated rings. The number of hydrogen-bond donors (Lipinski definition) is 2. The Balaban J connectivity index is 1.53. The summed E-state index contributed by atoms with van der Waals surface area (Å²) in [6.45, 7) is 2.43. The van der Waals surface area contributed by atoms with Crippen molar-refractivity contribution in [2.75, 3.05) is 10.7 Å². The highest BCUT2D eigenvalue weighted by Crippen LogP contribution is 2.23. The number of nitrogens with one attached hydrogen (secondary N) is 2. The Morgan fingerprint density at radius 3 is 2.76 bits per heavy atom. The van der Waals surface area contributed by atoms with Crippen LogP contribution in [0.25, 0.3) is 11.0 Å². The smallest absolute Gasteiger partial charge is 0.269 e. The van der Waals surface area contributed by atoms with Gasteiger partial charge in [0.05, 0.1) is 23.1 Å². The Bertz CT molecular complexity index is 1140.